The topological polar surface area (TPSA) is 71.1 Å². The summed E-state index contributed by atoms with van der Waals surface area (Å²) >= 11 is 4.67. The number of rotatable bonds is 5. The predicted octanol–water partition coefficient (Wildman–Crippen LogP) is 5.41. The molecule has 2 aromatic carbocycles. The molecule has 5 nitrogen and oxygen atoms in total. The van der Waals surface area contributed by atoms with E-state index < -0.39 is 5.82 Å². The second-order valence-corrected chi connectivity index (χ2v) is 8.68. The Morgan fingerprint density at radius 1 is 1.17 bits per heavy atom. The van der Waals surface area contributed by atoms with E-state index in [1.165, 1.54) is 24.3 Å². The molecule has 0 saturated heterocycles. The summed E-state index contributed by atoms with van der Waals surface area (Å²) in [6.45, 7) is 1.36. The summed E-state index contributed by atoms with van der Waals surface area (Å²) in [7, 11) is 0. The number of thiazole rings is 1. The summed E-state index contributed by atoms with van der Waals surface area (Å²) in [4.78, 5) is 27.9. The van der Waals surface area contributed by atoms with Crippen molar-refractivity contribution < 1.29 is 14.0 Å². The molecule has 1 aliphatic carbocycles. The molecule has 4 rings (SSSR count). The van der Waals surface area contributed by atoms with Crippen molar-refractivity contribution in [3.63, 3.8) is 0 Å². The first-order valence-corrected chi connectivity index (χ1v) is 10.7. The van der Waals surface area contributed by atoms with Crippen LogP contribution in [0, 0.1) is 11.7 Å². The first-order chi connectivity index (χ1) is 13.9. The van der Waals surface area contributed by atoms with Crippen LogP contribution in [-0.2, 0) is 9.59 Å². The highest BCUT2D eigenvalue weighted by atomic mass is 79.9. The Balaban J connectivity index is 1.41. The molecule has 0 spiro atoms. The third-order valence-electron chi connectivity index (χ3n) is 4.73. The molecule has 0 radical (unpaired) electrons. The fourth-order valence-corrected chi connectivity index (χ4v) is 4.20. The Hall–Kier alpha value is -2.58. The van der Waals surface area contributed by atoms with E-state index in [0.29, 0.717) is 22.1 Å². The average Bonchev–Trinajstić information content (AvgIpc) is 3.34. The van der Waals surface area contributed by atoms with Gasteiger partial charge in [0.2, 0.25) is 11.8 Å². The molecule has 29 heavy (non-hydrogen) atoms. The van der Waals surface area contributed by atoms with Gasteiger partial charge in [-0.2, -0.15) is 0 Å². The summed E-state index contributed by atoms with van der Waals surface area (Å²) < 4.78 is 15.4. The monoisotopic (exact) mass is 473 g/mol. The summed E-state index contributed by atoms with van der Waals surface area (Å²) in [6.07, 6.45) is 0.810. The molecule has 0 bridgehead atoms. The van der Waals surface area contributed by atoms with E-state index in [9.17, 15) is 14.0 Å². The van der Waals surface area contributed by atoms with Crippen molar-refractivity contribution in [3.05, 3.63) is 63.7 Å². The number of carbonyl (C=O) groups is 2. The van der Waals surface area contributed by atoms with Crippen LogP contribution in [0.4, 0.5) is 15.2 Å². The quantitative estimate of drug-likeness (QED) is 0.520. The molecule has 1 aliphatic rings. The molecule has 8 heteroatoms. The van der Waals surface area contributed by atoms with Crippen LogP contribution in [0.3, 0.4) is 0 Å². The van der Waals surface area contributed by atoms with Gasteiger partial charge >= 0.3 is 0 Å². The number of hydrogen-bond donors (Lipinski definition) is 2. The molecule has 3 aromatic rings. The fourth-order valence-electron chi connectivity index (χ4n) is 3.22. The number of halogens is 2. The lowest BCUT2D eigenvalue weighted by molar-refractivity contribution is -0.117. The van der Waals surface area contributed by atoms with Crippen LogP contribution in [0.25, 0.3) is 11.3 Å². The van der Waals surface area contributed by atoms with Gasteiger partial charge in [0.05, 0.1) is 5.69 Å². The van der Waals surface area contributed by atoms with Gasteiger partial charge in [-0.15, -0.1) is 11.3 Å². The Labute approximate surface area is 179 Å². The van der Waals surface area contributed by atoms with Gasteiger partial charge in [-0.05, 0) is 48.2 Å². The maximum absolute atomic E-state index is 14.4. The standard InChI is InChI=1S/C21H17BrFN3O2S/c1-11(27)24-14-6-7-15(18(23)8-14)19-10-29-21(25-19)26-20(28)17-9-16(17)12-2-4-13(22)5-3-12/h2-8,10,16-17H,9H2,1H3,(H,24,27)(H,25,26,28). The minimum Gasteiger partial charge on any atom is -0.326 e. The van der Waals surface area contributed by atoms with Crippen LogP contribution >= 0.6 is 27.3 Å². The number of nitrogens with one attached hydrogen (secondary N) is 2. The maximum atomic E-state index is 14.4. The van der Waals surface area contributed by atoms with Crippen molar-refractivity contribution in [3.8, 4) is 11.3 Å². The zero-order chi connectivity index (χ0) is 20.5. The zero-order valence-electron chi connectivity index (χ0n) is 15.4. The first kappa shape index (κ1) is 19.7. The number of benzene rings is 2. The minimum atomic E-state index is -0.489. The van der Waals surface area contributed by atoms with E-state index in [4.69, 9.17) is 0 Å². The summed E-state index contributed by atoms with van der Waals surface area (Å²) in [5, 5.41) is 7.52. The third-order valence-corrected chi connectivity index (χ3v) is 6.01. The molecular weight excluding hydrogens is 457 g/mol. The van der Waals surface area contributed by atoms with Gasteiger partial charge in [-0.3, -0.25) is 9.59 Å². The molecule has 1 fully saturated rings. The zero-order valence-corrected chi connectivity index (χ0v) is 17.8. The van der Waals surface area contributed by atoms with E-state index in [1.54, 1.807) is 17.5 Å². The van der Waals surface area contributed by atoms with Crippen LogP contribution in [-0.4, -0.2) is 16.8 Å². The summed E-state index contributed by atoms with van der Waals surface area (Å²) in [6, 6.07) is 12.4. The van der Waals surface area contributed by atoms with Gasteiger partial charge in [0.1, 0.15) is 5.82 Å². The number of aromatic nitrogens is 1. The molecule has 2 amide bonds. The van der Waals surface area contributed by atoms with Crippen molar-refractivity contribution in [1.82, 2.24) is 4.98 Å². The second kappa shape index (κ2) is 8.04. The highest BCUT2D eigenvalue weighted by Crippen LogP contribution is 2.48. The number of amides is 2. The van der Waals surface area contributed by atoms with Gasteiger partial charge in [-0.1, -0.05) is 28.1 Å². The molecule has 1 saturated carbocycles. The summed E-state index contributed by atoms with van der Waals surface area (Å²) in [5.41, 5.74) is 2.29. The molecule has 148 valence electrons. The molecule has 1 heterocycles. The summed E-state index contributed by atoms with van der Waals surface area (Å²) in [5.74, 6) is -0.673. The second-order valence-electron chi connectivity index (χ2n) is 6.90. The van der Waals surface area contributed by atoms with Crippen molar-refractivity contribution in [1.29, 1.82) is 0 Å². The molecule has 0 aliphatic heterocycles. The molecule has 2 atom stereocenters. The van der Waals surface area contributed by atoms with E-state index in [0.717, 1.165) is 16.5 Å². The highest BCUT2D eigenvalue weighted by Gasteiger charge is 2.44. The Kier molecular flexibility index (Phi) is 5.47. The smallest absolute Gasteiger partial charge is 0.229 e. The van der Waals surface area contributed by atoms with Crippen molar-refractivity contribution >= 4 is 49.9 Å². The number of hydrogen-bond acceptors (Lipinski definition) is 4. The molecule has 2 unspecified atom stereocenters. The molecule has 1 aromatic heterocycles. The van der Waals surface area contributed by atoms with Crippen LogP contribution in [0.2, 0.25) is 0 Å². The number of carbonyl (C=O) groups excluding carboxylic acids is 2. The minimum absolute atomic E-state index is 0.0692. The SMILES string of the molecule is CC(=O)Nc1ccc(-c2csc(NC(=O)C3CC3c3ccc(Br)cc3)n2)c(F)c1. The van der Waals surface area contributed by atoms with E-state index >= 15 is 0 Å². The van der Waals surface area contributed by atoms with Crippen molar-refractivity contribution in [2.24, 2.45) is 5.92 Å². The predicted molar refractivity (Wildman–Crippen MR) is 115 cm³/mol. The maximum Gasteiger partial charge on any atom is 0.229 e. The Bertz CT molecular complexity index is 1080. The normalized spacial score (nSPS) is 17.6. The lowest BCUT2D eigenvalue weighted by Gasteiger charge is -2.05. The van der Waals surface area contributed by atoms with Gasteiger partial charge in [0.15, 0.2) is 5.13 Å². The highest BCUT2D eigenvalue weighted by molar-refractivity contribution is 9.10. The van der Waals surface area contributed by atoms with Crippen LogP contribution < -0.4 is 10.6 Å². The van der Waals surface area contributed by atoms with Gasteiger partial charge in [-0.25, -0.2) is 9.37 Å². The Morgan fingerprint density at radius 3 is 2.62 bits per heavy atom. The largest absolute Gasteiger partial charge is 0.326 e. The van der Waals surface area contributed by atoms with E-state index in [1.807, 2.05) is 24.3 Å². The number of anilines is 2. The molecular formula is C21H17BrFN3O2S. The van der Waals surface area contributed by atoms with Gasteiger partial charge < -0.3 is 10.6 Å². The fraction of sp³-hybridized carbons (Fsp3) is 0.190. The third kappa shape index (κ3) is 4.54. The van der Waals surface area contributed by atoms with Crippen LogP contribution in [0.15, 0.2) is 52.3 Å². The number of nitrogens with zero attached hydrogens (tertiary/aromatic N) is 1. The first-order valence-electron chi connectivity index (χ1n) is 9.00. The van der Waals surface area contributed by atoms with Gasteiger partial charge in [0.25, 0.3) is 0 Å². The Morgan fingerprint density at radius 2 is 1.93 bits per heavy atom. The van der Waals surface area contributed by atoms with Crippen LogP contribution in [0.5, 0.6) is 0 Å². The van der Waals surface area contributed by atoms with Crippen molar-refractivity contribution in [2.45, 2.75) is 19.3 Å². The van der Waals surface area contributed by atoms with Crippen molar-refractivity contribution in [2.75, 3.05) is 10.6 Å². The van der Waals surface area contributed by atoms with E-state index in [-0.39, 0.29) is 23.7 Å². The lowest BCUT2D eigenvalue weighted by Crippen LogP contribution is -2.14. The molecule has 2 N–H and O–H groups in total. The average molecular weight is 474 g/mol. The van der Waals surface area contributed by atoms with E-state index in [2.05, 4.69) is 31.5 Å². The van der Waals surface area contributed by atoms with Gasteiger partial charge in [0, 0.05) is 33.9 Å². The lowest BCUT2D eigenvalue weighted by atomic mass is 10.1. The van der Waals surface area contributed by atoms with Crippen LogP contribution in [0.1, 0.15) is 24.8 Å².